The van der Waals surface area contributed by atoms with Crippen LogP contribution in [0.4, 0.5) is 5.69 Å². The minimum absolute atomic E-state index is 0.118. The summed E-state index contributed by atoms with van der Waals surface area (Å²) in [7, 11) is 0. The Morgan fingerprint density at radius 1 is 1.11 bits per heavy atom. The predicted molar refractivity (Wildman–Crippen MR) is 99.7 cm³/mol. The number of carbonyl (C=O) groups is 4. The lowest BCUT2D eigenvalue weighted by Crippen LogP contribution is -2.54. The number of carbonyl (C=O) groups excluding carboxylic acids is 4. The molecule has 3 heterocycles. The lowest BCUT2D eigenvalue weighted by Gasteiger charge is -2.27. The molecule has 8 heteroatoms. The Labute approximate surface area is 162 Å². The molecule has 1 aromatic carbocycles. The third kappa shape index (κ3) is 2.79. The average Bonchev–Trinajstić information content (AvgIpc) is 3.24. The Hall–Kier alpha value is -2.74. The van der Waals surface area contributed by atoms with Gasteiger partial charge < -0.3 is 10.6 Å². The normalized spacial score (nSPS) is 27.9. The topological polar surface area (TPSA) is 108 Å². The Morgan fingerprint density at radius 3 is 2.61 bits per heavy atom. The number of benzene rings is 1. The summed E-state index contributed by atoms with van der Waals surface area (Å²) in [6.45, 7) is 1.84. The molecule has 3 aliphatic heterocycles. The van der Waals surface area contributed by atoms with E-state index in [2.05, 4.69) is 16.0 Å². The molecular formula is C20H22N4O4. The van der Waals surface area contributed by atoms with E-state index < -0.39 is 23.8 Å². The molecule has 1 aromatic rings. The molecule has 2 unspecified atom stereocenters. The third-order valence-corrected chi connectivity index (χ3v) is 6.39. The van der Waals surface area contributed by atoms with Crippen molar-refractivity contribution in [3.05, 3.63) is 29.3 Å². The van der Waals surface area contributed by atoms with Gasteiger partial charge in [0.05, 0.1) is 11.1 Å². The fourth-order valence-electron chi connectivity index (χ4n) is 4.55. The van der Waals surface area contributed by atoms with Gasteiger partial charge in [-0.05, 0) is 49.3 Å². The maximum absolute atomic E-state index is 12.8. The van der Waals surface area contributed by atoms with Gasteiger partial charge in [0.1, 0.15) is 6.04 Å². The van der Waals surface area contributed by atoms with Crippen LogP contribution in [0.25, 0.3) is 0 Å². The lowest BCUT2D eigenvalue weighted by molar-refractivity contribution is -0.136. The standard InChI is InChI=1S/C20H22N4O4/c25-16-4-3-15(17(26)23-16)24-18(27)13-2-1-11(7-14(13)19(24)28)21-9-12-8-20(5-6-20)10-22-12/h1-2,7,12,15,21-22H,3-6,8-10H2,(H,23,25,26). The van der Waals surface area contributed by atoms with E-state index in [0.717, 1.165) is 23.7 Å². The van der Waals surface area contributed by atoms with Gasteiger partial charge in [-0.3, -0.25) is 29.4 Å². The van der Waals surface area contributed by atoms with Crippen molar-refractivity contribution in [3.63, 3.8) is 0 Å². The number of amides is 4. The van der Waals surface area contributed by atoms with Crippen molar-refractivity contribution >= 4 is 29.3 Å². The number of anilines is 1. The minimum Gasteiger partial charge on any atom is -0.383 e. The molecule has 28 heavy (non-hydrogen) atoms. The average molecular weight is 382 g/mol. The van der Waals surface area contributed by atoms with Crippen LogP contribution in [0.1, 0.15) is 52.8 Å². The smallest absolute Gasteiger partial charge is 0.262 e. The van der Waals surface area contributed by atoms with Gasteiger partial charge in [-0.1, -0.05) is 0 Å². The van der Waals surface area contributed by atoms with Crippen LogP contribution in [0.3, 0.4) is 0 Å². The summed E-state index contributed by atoms with van der Waals surface area (Å²) >= 11 is 0. The number of nitrogens with zero attached hydrogens (tertiary/aromatic N) is 1. The molecule has 3 fully saturated rings. The first-order valence-corrected chi connectivity index (χ1v) is 9.79. The van der Waals surface area contributed by atoms with Gasteiger partial charge in [0, 0.05) is 31.2 Å². The van der Waals surface area contributed by atoms with E-state index in [0.29, 0.717) is 22.6 Å². The Balaban J connectivity index is 1.30. The SMILES string of the molecule is O=C1CCC(N2C(=O)c3ccc(NCC4CC5(CC5)CN4)cc3C2=O)C(=O)N1. The Kier molecular flexibility index (Phi) is 3.80. The van der Waals surface area contributed by atoms with Gasteiger partial charge in [0.2, 0.25) is 11.8 Å². The molecule has 2 saturated heterocycles. The van der Waals surface area contributed by atoms with Gasteiger partial charge >= 0.3 is 0 Å². The largest absolute Gasteiger partial charge is 0.383 e. The minimum atomic E-state index is -0.932. The van der Waals surface area contributed by atoms with Crippen LogP contribution in [0.5, 0.6) is 0 Å². The Morgan fingerprint density at radius 2 is 1.89 bits per heavy atom. The summed E-state index contributed by atoms with van der Waals surface area (Å²) in [5.74, 6) is -1.92. The number of imide groups is 2. The predicted octanol–water partition coefficient (Wildman–Crippen LogP) is 0.642. The summed E-state index contributed by atoms with van der Waals surface area (Å²) in [6, 6.07) is 4.59. The summed E-state index contributed by atoms with van der Waals surface area (Å²) in [5, 5.41) is 9.11. The zero-order chi connectivity index (χ0) is 19.5. The van der Waals surface area contributed by atoms with Crippen LogP contribution in [0, 0.1) is 5.41 Å². The van der Waals surface area contributed by atoms with Crippen molar-refractivity contribution in [1.82, 2.24) is 15.5 Å². The van der Waals surface area contributed by atoms with E-state index >= 15 is 0 Å². The molecule has 1 aliphatic carbocycles. The second kappa shape index (κ2) is 6.13. The number of piperidine rings is 1. The van der Waals surface area contributed by atoms with Crippen molar-refractivity contribution in [3.8, 4) is 0 Å². The third-order valence-electron chi connectivity index (χ3n) is 6.39. The molecular weight excluding hydrogens is 360 g/mol. The van der Waals surface area contributed by atoms with E-state index in [-0.39, 0.29) is 18.7 Å². The van der Waals surface area contributed by atoms with Crippen molar-refractivity contribution in [1.29, 1.82) is 0 Å². The molecule has 4 amide bonds. The van der Waals surface area contributed by atoms with Crippen molar-refractivity contribution in [2.24, 2.45) is 5.41 Å². The fourth-order valence-corrected chi connectivity index (χ4v) is 4.55. The number of fused-ring (bicyclic) bond motifs is 1. The molecule has 8 nitrogen and oxygen atoms in total. The second-order valence-electron chi connectivity index (χ2n) is 8.37. The lowest BCUT2D eigenvalue weighted by atomic mass is 10.0. The maximum atomic E-state index is 12.8. The fraction of sp³-hybridized carbons (Fsp3) is 0.500. The zero-order valence-electron chi connectivity index (χ0n) is 15.4. The van der Waals surface area contributed by atoms with Crippen molar-refractivity contribution in [2.75, 3.05) is 18.4 Å². The highest BCUT2D eigenvalue weighted by atomic mass is 16.2. The quantitative estimate of drug-likeness (QED) is 0.660. The molecule has 0 radical (unpaired) electrons. The van der Waals surface area contributed by atoms with E-state index in [1.807, 2.05) is 0 Å². The second-order valence-corrected chi connectivity index (χ2v) is 8.37. The summed E-state index contributed by atoms with van der Waals surface area (Å²) in [4.78, 5) is 50.0. The van der Waals surface area contributed by atoms with Crippen LogP contribution >= 0.6 is 0 Å². The summed E-state index contributed by atoms with van der Waals surface area (Å²) in [6.07, 6.45) is 4.07. The summed E-state index contributed by atoms with van der Waals surface area (Å²) in [5.41, 5.74) is 1.91. The number of hydrogen-bond acceptors (Lipinski definition) is 6. The first-order valence-electron chi connectivity index (χ1n) is 9.79. The maximum Gasteiger partial charge on any atom is 0.262 e. The van der Waals surface area contributed by atoms with Crippen molar-refractivity contribution < 1.29 is 19.2 Å². The van der Waals surface area contributed by atoms with Crippen LogP contribution in [-0.2, 0) is 9.59 Å². The Bertz CT molecular complexity index is 907. The van der Waals surface area contributed by atoms with Crippen molar-refractivity contribution in [2.45, 2.75) is 44.2 Å². The molecule has 2 atom stereocenters. The molecule has 4 aliphatic rings. The van der Waals surface area contributed by atoms with Crippen LogP contribution in [0.15, 0.2) is 18.2 Å². The number of hydrogen-bond donors (Lipinski definition) is 3. The zero-order valence-corrected chi connectivity index (χ0v) is 15.4. The molecule has 0 aromatic heterocycles. The summed E-state index contributed by atoms with van der Waals surface area (Å²) < 4.78 is 0. The highest BCUT2D eigenvalue weighted by Gasteiger charge is 2.48. The molecule has 3 N–H and O–H groups in total. The molecule has 1 saturated carbocycles. The van der Waals surface area contributed by atoms with Gasteiger partial charge in [-0.15, -0.1) is 0 Å². The highest BCUT2D eigenvalue weighted by Crippen LogP contribution is 2.51. The highest BCUT2D eigenvalue weighted by molar-refractivity contribution is 6.23. The molecule has 1 spiro atoms. The van der Waals surface area contributed by atoms with E-state index in [1.54, 1.807) is 18.2 Å². The van der Waals surface area contributed by atoms with Crippen LogP contribution in [-0.4, -0.2) is 53.7 Å². The van der Waals surface area contributed by atoms with Gasteiger partial charge in [-0.25, -0.2) is 0 Å². The first-order chi connectivity index (χ1) is 13.5. The van der Waals surface area contributed by atoms with E-state index in [9.17, 15) is 19.2 Å². The van der Waals surface area contributed by atoms with E-state index in [1.165, 1.54) is 19.3 Å². The molecule has 146 valence electrons. The van der Waals surface area contributed by atoms with Gasteiger partial charge in [0.15, 0.2) is 0 Å². The van der Waals surface area contributed by atoms with Crippen LogP contribution < -0.4 is 16.0 Å². The number of nitrogens with one attached hydrogen (secondary N) is 3. The first kappa shape index (κ1) is 17.4. The monoisotopic (exact) mass is 382 g/mol. The number of rotatable bonds is 4. The molecule has 0 bridgehead atoms. The van der Waals surface area contributed by atoms with Crippen LogP contribution in [0.2, 0.25) is 0 Å². The van der Waals surface area contributed by atoms with Gasteiger partial charge in [-0.2, -0.15) is 0 Å². The van der Waals surface area contributed by atoms with E-state index in [4.69, 9.17) is 0 Å². The molecule has 5 rings (SSSR count). The van der Waals surface area contributed by atoms with Gasteiger partial charge in [0.25, 0.3) is 11.8 Å².